The number of fused-ring (bicyclic) bond motifs is 1. The van der Waals surface area contributed by atoms with E-state index >= 15 is 0 Å². The Balaban J connectivity index is 1.52. The molecule has 2 N–H and O–H groups in total. The number of nitrogens with one attached hydrogen (secondary N) is 2. The SMILES string of the molecule is Cc1ccc(S(=O)(=O)C(c2cc3ccccc3[nH]2)C2CN(Cc3ccccc3)CCN2)cc1. The average molecular weight is 460 g/mol. The molecule has 0 radical (unpaired) electrons. The van der Waals surface area contributed by atoms with Crippen molar-refractivity contribution < 1.29 is 8.42 Å². The third-order valence-corrected chi connectivity index (χ3v) is 8.63. The molecule has 0 bridgehead atoms. The van der Waals surface area contributed by atoms with Crippen molar-refractivity contribution in [3.05, 3.63) is 102 Å². The standard InChI is InChI=1S/C27H29N3O2S/c1-20-11-13-23(14-12-20)33(31,32)27(25-17-22-9-5-6-10-24(22)29-25)26-19-30(16-15-28-26)18-21-7-3-2-4-8-21/h2-14,17,26-29H,15-16,18-19H2,1H3. The van der Waals surface area contributed by atoms with E-state index in [0.29, 0.717) is 11.4 Å². The maximum atomic E-state index is 14.0. The molecule has 170 valence electrons. The van der Waals surface area contributed by atoms with Gasteiger partial charge >= 0.3 is 0 Å². The van der Waals surface area contributed by atoms with Gasteiger partial charge in [-0.25, -0.2) is 8.42 Å². The summed E-state index contributed by atoms with van der Waals surface area (Å²) in [5.41, 5.74) is 3.96. The van der Waals surface area contributed by atoms with E-state index in [4.69, 9.17) is 0 Å². The number of hydrogen-bond donors (Lipinski definition) is 2. The Hall–Kier alpha value is -2.93. The van der Waals surface area contributed by atoms with Gasteiger partial charge < -0.3 is 10.3 Å². The topological polar surface area (TPSA) is 65.2 Å². The number of H-pyrrole nitrogens is 1. The number of aromatic nitrogens is 1. The van der Waals surface area contributed by atoms with E-state index in [9.17, 15) is 8.42 Å². The van der Waals surface area contributed by atoms with Gasteiger partial charge in [0.25, 0.3) is 0 Å². The Labute approximate surface area is 195 Å². The quantitative estimate of drug-likeness (QED) is 0.447. The second-order valence-corrected chi connectivity index (χ2v) is 10.9. The van der Waals surface area contributed by atoms with Crippen molar-refractivity contribution in [2.24, 2.45) is 0 Å². The number of sulfone groups is 1. The van der Waals surface area contributed by atoms with Gasteiger partial charge in [0.2, 0.25) is 0 Å². The largest absolute Gasteiger partial charge is 0.357 e. The highest BCUT2D eigenvalue weighted by molar-refractivity contribution is 7.91. The molecule has 3 aromatic carbocycles. The molecule has 0 aliphatic carbocycles. The van der Waals surface area contributed by atoms with Crippen molar-refractivity contribution in [3.63, 3.8) is 0 Å². The molecule has 1 aliphatic rings. The van der Waals surface area contributed by atoms with Gasteiger partial charge in [0.05, 0.1) is 4.90 Å². The Morgan fingerprint density at radius 3 is 2.45 bits per heavy atom. The maximum Gasteiger partial charge on any atom is 0.188 e. The molecule has 2 unspecified atom stereocenters. The molecule has 33 heavy (non-hydrogen) atoms. The monoisotopic (exact) mass is 459 g/mol. The first-order valence-corrected chi connectivity index (χ1v) is 12.9. The zero-order valence-electron chi connectivity index (χ0n) is 18.7. The van der Waals surface area contributed by atoms with Crippen LogP contribution < -0.4 is 5.32 Å². The van der Waals surface area contributed by atoms with Gasteiger partial charge in [0, 0.05) is 43.4 Å². The van der Waals surface area contributed by atoms with Gasteiger partial charge in [-0.1, -0.05) is 66.2 Å². The first-order valence-electron chi connectivity index (χ1n) is 11.4. The summed E-state index contributed by atoms with van der Waals surface area (Å²) in [6, 6.07) is 27.2. The molecule has 1 aliphatic heterocycles. The van der Waals surface area contributed by atoms with Crippen molar-refractivity contribution in [1.29, 1.82) is 0 Å². The van der Waals surface area contributed by atoms with Crippen LogP contribution in [-0.2, 0) is 16.4 Å². The van der Waals surface area contributed by atoms with Crippen molar-refractivity contribution >= 4 is 20.7 Å². The van der Waals surface area contributed by atoms with Crippen LogP contribution in [0.25, 0.3) is 10.9 Å². The second kappa shape index (κ2) is 9.14. The van der Waals surface area contributed by atoms with E-state index in [1.807, 2.05) is 67.6 Å². The van der Waals surface area contributed by atoms with Crippen LogP contribution in [0.3, 0.4) is 0 Å². The molecule has 6 heteroatoms. The molecular formula is C27H29N3O2S. The van der Waals surface area contributed by atoms with E-state index in [0.717, 1.165) is 41.8 Å². The molecule has 2 atom stereocenters. The highest BCUT2D eigenvalue weighted by atomic mass is 32.2. The lowest BCUT2D eigenvalue weighted by atomic mass is 10.1. The summed E-state index contributed by atoms with van der Waals surface area (Å²) in [5.74, 6) is 0. The molecule has 4 aromatic rings. The van der Waals surface area contributed by atoms with Crippen LogP contribution in [0.4, 0.5) is 0 Å². The van der Waals surface area contributed by atoms with Crippen LogP contribution in [0.1, 0.15) is 22.1 Å². The first kappa shape index (κ1) is 21.9. The van der Waals surface area contributed by atoms with Crippen molar-refractivity contribution in [2.45, 2.75) is 29.7 Å². The summed E-state index contributed by atoms with van der Waals surface area (Å²) in [5, 5.41) is 3.83. The molecule has 1 fully saturated rings. The van der Waals surface area contributed by atoms with Gasteiger partial charge in [-0.15, -0.1) is 0 Å². The second-order valence-electron chi connectivity index (χ2n) is 8.87. The Bertz CT molecular complexity index is 1300. The van der Waals surface area contributed by atoms with Gasteiger partial charge in [-0.3, -0.25) is 4.90 Å². The number of benzene rings is 3. The molecule has 5 rings (SSSR count). The van der Waals surface area contributed by atoms with Crippen LogP contribution in [0.15, 0.2) is 89.8 Å². The molecule has 1 aromatic heterocycles. The average Bonchev–Trinajstić information content (AvgIpc) is 3.23. The summed E-state index contributed by atoms with van der Waals surface area (Å²) in [7, 11) is -3.63. The van der Waals surface area contributed by atoms with E-state index in [2.05, 4.69) is 27.3 Å². The van der Waals surface area contributed by atoms with Gasteiger partial charge in [-0.05, 0) is 42.1 Å². The summed E-state index contributed by atoms with van der Waals surface area (Å²) >= 11 is 0. The van der Waals surface area contributed by atoms with Crippen LogP contribution in [0.5, 0.6) is 0 Å². The van der Waals surface area contributed by atoms with E-state index in [1.165, 1.54) is 5.56 Å². The Kier molecular flexibility index (Phi) is 6.06. The number of piperazine rings is 1. The third-order valence-electron chi connectivity index (χ3n) is 6.45. The van der Waals surface area contributed by atoms with Gasteiger partial charge in [-0.2, -0.15) is 0 Å². The molecular weight excluding hydrogens is 430 g/mol. The van der Waals surface area contributed by atoms with E-state index in [1.54, 1.807) is 12.1 Å². The normalized spacial score (nSPS) is 18.4. The Morgan fingerprint density at radius 1 is 0.970 bits per heavy atom. The first-order chi connectivity index (χ1) is 16.0. The number of nitrogens with zero attached hydrogens (tertiary/aromatic N) is 1. The lowest BCUT2D eigenvalue weighted by Crippen LogP contribution is -2.54. The van der Waals surface area contributed by atoms with E-state index in [-0.39, 0.29) is 6.04 Å². The van der Waals surface area contributed by atoms with Crippen LogP contribution in [0, 0.1) is 6.92 Å². The molecule has 0 amide bonds. The van der Waals surface area contributed by atoms with Crippen LogP contribution in [-0.4, -0.2) is 44.0 Å². The predicted octanol–water partition coefficient (Wildman–Crippen LogP) is 4.47. The lowest BCUT2D eigenvalue weighted by molar-refractivity contribution is 0.188. The smallest absolute Gasteiger partial charge is 0.188 e. The molecule has 0 saturated carbocycles. The maximum absolute atomic E-state index is 14.0. The summed E-state index contributed by atoms with van der Waals surface area (Å²) in [4.78, 5) is 6.11. The summed E-state index contributed by atoms with van der Waals surface area (Å²) in [6.45, 7) is 5.06. The van der Waals surface area contributed by atoms with Gasteiger partial charge in [0.15, 0.2) is 9.84 Å². The van der Waals surface area contributed by atoms with Crippen LogP contribution in [0.2, 0.25) is 0 Å². The summed E-state index contributed by atoms with van der Waals surface area (Å²) < 4.78 is 28.0. The molecule has 2 heterocycles. The number of para-hydroxylation sites is 1. The zero-order chi connectivity index (χ0) is 22.8. The number of aryl methyl sites for hydroxylation is 1. The molecule has 1 saturated heterocycles. The summed E-state index contributed by atoms with van der Waals surface area (Å²) in [6.07, 6.45) is 0. The van der Waals surface area contributed by atoms with Crippen LogP contribution >= 0.6 is 0 Å². The fraction of sp³-hybridized carbons (Fsp3) is 0.259. The van der Waals surface area contributed by atoms with Crippen molar-refractivity contribution in [1.82, 2.24) is 15.2 Å². The fourth-order valence-electron chi connectivity index (χ4n) is 4.75. The van der Waals surface area contributed by atoms with Gasteiger partial charge in [0.1, 0.15) is 5.25 Å². The number of hydrogen-bond acceptors (Lipinski definition) is 4. The fourth-order valence-corrected chi connectivity index (χ4v) is 6.64. The molecule has 0 spiro atoms. The lowest BCUT2D eigenvalue weighted by Gasteiger charge is -2.37. The minimum Gasteiger partial charge on any atom is -0.357 e. The minimum atomic E-state index is -3.63. The van der Waals surface area contributed by atoms with E-state index < -0.39 is 15.1 Å². The zero-order valence-corrected chi connectivity index (χ0v) is 19.6. The molecule has 5 nitrogen and oxygen atoms in total. The van der Waals surface area contributed by atoms with Crippen molar-refractivity contribution in [2.75, 3.05) is 19.6 Å². The Morgan fingerprint density at radius 2 is 1.70 bits per heavy atom. The third kappa shape index (κ3) is 4.60. The number of rotatable bonds is 6. The number of aromatic amines is 1. The minimum absolute atomic E-state index is 0.234. The van der Waals surface area contributed by atoms with Crippen molar-refractivity contribution in [3.8, 4) is 0 Å². The highest BCUT2D eigenvalue weighted by Gasteiger charge is 2.39. The highest BCUT2D eigenvalue weighted by Crippen LogP contribution is 2.34. The predicted molar refractivity (Wildman–Crippen MR) is 133 cm³/mol.